The van der Waals surface area contributed by atoms with Crippen LogP contribution in [-0.2, 0) is 11.3 Å². The van der Waals surface area contributed by atoms with Gasteiger partial charge in [0, 0.05) is 13.6 Å². The Morgan fingerprint density at radius 3 is 3.00 bits per heavy atom. The molecule has 2 aromatic heterocycles. The molecule has 0 saturated heterocycles. The van der Waals surface area contributed by atoms with E-state index in [1.165, 1.54) is 6.33 Å². The topological polar surface area (TPSA) is 84.7 Å². The monoisotopic (exact) mass is 234 g/mol. The lowest BCUT2D eigenvalue weighted by atomic mass is 10.4. The van der Waals surface area contributed by atoms with Crippen LogP contribution in [0.25, 0.3) is 11.0 Å². The zero-order chi connectivity index (χ0) is 12.3. The maximum absolute atomic E-state index is 11.5. The second-order valence-electron chi connectivity index (χ2n) is 3.47. The van der Waals surface area contributed by atoms with E-state index in [-0.39, 0.29) is 12.5 Å². The van der Waals surface area contributed by atoms with Gasteiger partial charge in [-0.2, -0.15) is 5.10 Å². The number of likely N-dealkylation sites (N-methyl/N-ethyl adjacent to an activating group) is 1. The third-order valence-electron chi connectivity index (χ3n) is 2.34. The number of fused-ring (bicyclic) bond motifs is 1. The van der Waals surface area contributed by atoms with Crippen molar-refractivity contribution in [2.75, 3.05) is 18.9 Å². The third-order valence-corrected chi connectivity index (χ3v) is 2.34. The molecule has 90 valence electrons. The molecular formula is C10H14N6O. The van der Waals surface area contributed by atoms with Crippen LogP contribution >= 0.6 is 0 Å². The zero-order valence-electron chi connectivity index (χ0n) is 9.77. The SMILES string of the molecule is CCNC(=O)Cn1ncc2c(NC)ncnc21. The molecule has 2 aromatic rings. The van der Waals surface area contributed by atoms with Crippen LogP contribution in [0, 0.1) is 0 Å². The predicted molar refractivity (Wildman–Crippen MR) is 63.6 cm³/mol. The van der Waals surface area contributed by atoms with Gasteiger partial charge >= 0.3 is 0 Å². The summed E-state index contributed by atoms with van der Waals surface area (Å²) in [6.07, 6.45) is 3.10. The summed E-state index contributed by atoms with van der Waals surface area (Å²) in [5.74, 6) is 0.624. The van der Waals surface area contributed by atoms with Gasteiger partial charge in [0.1, 0.15) is 18.7 Å². The minimum atomic E-state index is -0.0814. The first-order valence-corrected chi connectivity index (χ1v) is 5.37. The van der Waals surface area contributed by atoms with Crippen LogP contribution in [0.5, 0.6) is 0 Å². The number of nitrogens with one attached hydrogen (secondary N) is 2. The number of hydrogen-bond donors (Lipinski definition) is 2. The Labute approximate surface area is 98.2 Å². The summed E-state index contributed by atoms with van der Waals surface area (Å²) in [4.78, 5) is 19.7. The number of aromatic nitrogens is 4. The standard InChI is InChI=1S/C10H14N6O/c1-3-12-8(17)5-16-10-7(4-15-16)9(11-2)13-6-14-10/h4,6H,3,5H2,1-2H3,(H,12,17)(H,11,13,14). The molecule has 0 aliphatic rings. The summed E-state index contributed by atoms with van der Waals surface area (Å²) in [7, 11) is 1.78. The summed E-state index contributed by atoms with van der Waals surface area (Å²) in [5.41, 5.74) is 0.649. The van der Waals surface area contributed by atoms with Gasteiger partial charge < -0.3 is 10.6 Å². The Kier molecular flexibility index (Phi) is 3.17. The van der Waals surface area contributed by atoms with E-state index in [1.54, 1.807) is 17.9 Å². The highest BCUT2D eigenvalue weighted by Gasteiger charge is 2.10. The summed E-state index contributed by atoms with van der Waals surface area (Å²) < 4.78 is 1.56. The summed E-state index contributed by atoms with van der Waals surface area (Å²) >= 11 is 0. The van der Waals surface area contributed by atoms with E-state index in [0.717, 1.165) is 5.39 Å². The third kappa shape index (κ3) is 2.17. The number of rotatable bonds is 4. The van der Waals surface area contributed by atoms with Crippen LogP contribution in [-0.4, -0.2) is 39.2 Å². The fourth-order valence-corrected chi connectivity index (χ4v) is 1.60. The minimum Gasteiger partial charge on any atom is -0.372 e. The Balaban J connectivity index is 2.33. The average molecular weight is 234 g/mol. The van der Waals surface area contributed by atoms with Gasteiger partial charge in [-0.25, -0.2) is 14.6 Å². The fraction of sp³-hybridized carbons (Fsp3) is 0.400. The van der Waals surface area contributed by atoms with Crippen molar-refractivity contribution in [1.82, 2.24) is 25.1 Å². The van der Waals surface area contributed by atoms with Crippen molar-refractivity contribution in [2.45, 2.75) is 13.5 Å². The second-order valence-corrected chi connectivity index (χ2v) is 3.47. The van der Waals surface area contributed by atoms with Crippen molar-refractivity contribution in [1.29, 1.82) is 0 Å². The number of hydrogen-bond acceptors (Lipinski definition) is 5. The van der Waals surface area contributed by atoms with Crippen molar-refractivity contribution < 1.29 is 4.79 Å². The largest absolute Gasteiger partial charge is 0.372 e. The molecule has 0 atom stereocenters. The molecular weight excluding hydrogens is 220 g/mol. The van der Waals surface area contributed by atoms with E-state index in [9.17, 15) is 4.79 Å². The Morgan fingerprint density at radius 2 is 2.29 bits per heavy atom. The first-order chi connectivity index (χ1) is 8.26. The number of carbonyl (C=O) groups is 1. The zero-order valence-corrected chi connectivity index (χ0v) is 9.77. The van der Waals surface area contributed by atoms with Gasteiger partial charge in [-0.3, -0.25) is 4.79 Å². The normalized spacial score (nSPS) is 10.5. The molecule has 0 aliphatic heterocycles. The predicted octanol–water partition coefficient (Wildman–Crippen LogP) is 0.00410. The van der Waals surface area contributed by atoms with Gasteiger partial charge in [0.25, 0.3) is 0 Å². The lowest BCUT2D eigenvalue weighted by Crippen LogP contribution is -2.27. The fourth-order valence-electron chi connectivity index (χ4n) is 1.60. The molecule has 1 amide bonds. The van der Waals surface area contributed by atoms with E-state index < -0.39 is 0 Å². The molecule has 2 rings (SSSR count). The van der Waals surface area contributed by atoms with Gasteiger partial charge in [-0.1, -0.05) is 0 Å². The number of nitrogens with zero attached hydrogens (tertiary/aromatic N) is 4. The van der Waals surface area contributed by atoms with Gasteiger partial charge in [0.2, 0.25) is 5.91 Å². The van der Waals surface area contributed by atoms with Gasteiger partial charge in [0.15, 0.2) is 5.65 Å². The highest BCUT2D eigenvalue weighted by atomic mass is 16.2. The van der Waals surface area contributed by atoms with Crippen LogP contribution in [0.4, 0.5) is 5.82 Å². The molecule has 0 fully saturated rings. The molecule has 0 bridgehead atoms. The molecule has 0 aliphatic carbocycles. The lowest BCUT2D eigenvalue weighted by molar-refractivity contribution is -0.121. The quantitative estimate of drug-likeness (QED) is 0.778. The Hall–Kier alpha value is -2.18. The van der Waals surface area contributed by atoms with Crippen molar-refractivity contribution in [3.8, 4) is 0 Å². The molecule has 7 heteroatoms. The first-order valence-electron chi connectivity index (χ1n) is 5.37. The molecule has 0 radical (unpaired) electrons. The number of anilines is 1. The van der Waals surface area contributed by atoms with E-state index in [2.05, 4.69) is 25.7 Å². The molecule has 17 heavy (non-hydrogen) atoms. The number of amides is 1. The summed E-state index contributed by atoms with van der Waals surface area (Å²) in [5, 5.41) is 10.6. The van der Waals surface area contributed by atoms with Gasteiger partial charge in [-0.15, -0.1) is 0 Å². The molecule has 2 heterocycles. The molecule has 0 aromatic carbocycles. The van der Waals surface area contributed by atoms with Crippen molar-refractivity contribution in [2.24, 2.45) is 0 Å². The summed E-state index contributed by atoms with van der Waals surface area (Å²) in [6, 6.07) is 0. The van der Waals surface area contributed by atoms with Gasteiger partial charge in [0.05, 0.1) is 11.6 Å². The van der Waals surface area contributed by atoms with Crippen LogP contribution in [0.3, 0.4) is 0 Å². The molecule has 7 nitrogen and oxygen atoms in total. The highest BCUT2D eigenvalue weighted by molar-refractivity contribution is 5.87. The van der Waals surface area contributed by atoms with E-state index in [1.807, 2.05) is 6.92 Å². The Bertz CT molecular complexity index is 535. The smallest absolute Gasteiger partial charge is 0.241 e. The Morgan fingerprint density at radius 1 is 1.47 bits per heavy atom. The maximum atomic E-state index is 11.5. The molecule has 2 N–H and O–H groups in total. The maximum Gasteiger partial charge on any atom is 0.241 e. The number of carbonyl (C=O) groups excluding carboxylic acids is 1. The molecule has 0 spiro atoms. The van der Waals surface area contributed by atoms with Crippen LogP contribution < -0.4 is 10.6 Å². The first kappa shape index (κ1) is 11.3. The average Bonchev–Trinajstić information content (AvgIpc) is 2.73. The van der Waals surface area contributed by atoms with Crippen molar-refractivity contribution >= 4 is 22.8 Å². The lowest BCUT2D eigenvalue weighted by Gasteiger charge is -2.04. The van der Waals surface area contributed by atoms with Crippen LogP contribution in [0.1, 0.15) is 6.92 Å². The summed E-state index contributed by atoms with van der Waals surface area (Å²) in [6.45, 7) is 2.65. The van der Waals surface area contributed by atoms with E-state index in [4.69, 9.17) is 0 Å². The van der Waals surface area contributed by atoms with Crippen molar-refractivity contribution in [3.63, 3.8) is 0 Å². The molecule has 0 saturated carbocycles. The minimum absolute atomic E-state index is 0.0814. The van der Waals surface area contributed by atoms with Crippen LogP contribution in [0.15, 0.2) is 12.5 Å². The van der Waals surface area contributed by atoms with Gasteiger partial charge in [-0.05, 0) is 6.92 Å². The van der Waals surface area contributed by atoms with Crippen LogP contribution in [0.2, 0.25) is 0 Å². The van der Waals surface area contributed by atoms with Crippen molar-refractivity contribution in [3.05, 3.63) is 12.5 Å². The van der Waals surface area contributed by atoms with E-state index >= 15 is 0 Å². The van der Waals surface area contributed by atoms with E-state index in [0.29, 0.717) is 18.0 Å². The second kappa shape index (κ2) is 4.77. The molecule has 0 unspecified atom stereocenters. The highest BCUT2D eigenvalue weighted by Crippen LogP contribution is 2.17.